The van der Waals surface area contributed by atoms with E-state index in [4.69, 9.17) is 11.6 Å². The van der Waals surface area contributed by atoms with Gasteiger partial charge in [-0.25, -0.2) is 0 Å². The van der Waals surface area contributed by atoms with Gasteiger partial charge in [-0.15, -0.1) is 0 Å². The SMILES string of the molecule is ClC1=CC2=NC=C[C@@H]2N=C1. The number of dihydropyridines is 1. The summed E-state index contributed by atoms with van der Waals surface area (Å²) in [6.45, 7) is 0. The molecular formula is C7H5ClN2. The smallest absolute Gasteiger partial charge is 0.112 e. The summed E-state index contributed by atoms with van der Waals surface area (Å²) in [4.78, 5) is 8.20. The zero-order valence-electron chi connectivity index (χ0n) is 5.16. The summed E-state index contributed by atoms with van der Waals surface area (Å²) < 4.78 is 0. The fourth-order valence-electron chi connectivity index (χ4n) is 0.964. The average molecular weight is 153 g/mol. The highest BCUT2D eigenvalue weighted by atomic mass is 35.5. The summed E-state index contributed by atoms with van der Waals surface area (Å²) in [7, 11) is 0. The average Bonchev–Trinajstić information content (AvgIpc) is 2.33. The van der Waals surface area contributed by atoms with E-state index >= 15 is 0 Å². The second-order valence-electron chi connectivity index (χ2n) is 2.15. The lowest BCUT2D eigenvalue weighted by Crippen LogP contribution is -2.14. The zero-order valence-corrected chi connectivity index (χ0v) is 5.92. The molecule has 3 heteroatoms. The number of aliphatic imine (C=N–C) groups is 2. The Bertz CT molecular complexity index is 273. The van der Waals surface area contributed by atoms with Gasteiger partial charge in [-0.1, -0.05) is 11.6 Å². The van der Waals surface area contributed by atoms with Crippen molar-refractivity contribution in [2.45, 2.75) is 6.04 Å². The minimum absolute atomic E-state index is 0.127. The van der Waals surface area contributed by atoms with Gasteiger partial charge in [0, 0.05) is 12.4 Å². The lowest BCUT2D eigenvalue weighted by Gasteiger charge is -2.06. The molecule has 2 aliphatic heterocycles. The van der Waals surface area contributed by atoms with Gasteiger partial charge >= 0.3 is 0 Å². The summed E-state index contributed by atoms with van der Waals surface area (Å²) in [5, 5.41) is 0.652. The van der Waals surface area contributed by atoms with Crippen molar-refractivity contribution in [3.05, 3.63) is 23.4 Å². The van der Waals surface area contributed by atoms with Crippen molar-refractivity contribution in [3.63, 3.8) is 0 Å². The van der Waals surface area contributed by atoms with Gasteiger partial charge < -0.3 is 0 Å². The summed E-state index contributed by atoms with van der Waals surface area (Å²) >= 11 is 5.69. The standard InChI is InChI=1S/C7H5ClN2/c8-5-3-7-6(10-4-5)1-2-9-7/h1-4,6H/t6-/m0/s1. The second kappa shape index (κ2) is 2.06. The van der Waals surface area contributed by atoms with Gasteiger partial charge in [-0.3, -0.25) is 9.98 Å². The summed E-state index contributed by atoms with van der Waals surface area (Å²) in [5.74, 6) is 0. The Labute approximate surface area is 63.6 Å². The molecule has 0 aromatic carbocycles. The van der Waals surface area contributed by atoms with E-state index in [1.807, 2.05) is 12.2 Å². The molecule has 0 N–H and O–H groups in total. The highest BCUT2D eigenvalue weighted by molar-refractivity contribution is 6.41. The first-order chi connectivity index (χ1) is 4.86. The van der Waals surface area contributed by atoms with Crippen LogP contribution in [-0.4, -0.2) is 18.0 Å². The minimum atomic E-state index is 0.127. The molecule has 2 heterocycles. The molecule has 2 rings (SSSR count). The lowest BCUT2D eigenvalue weighted by molar-refractivity contribution is 1.11. The van der Waals surface area contributed by atoms with Crippen molar-refractivity contribution < 1.29 is 0 Å². The molecule has 0 saturated carbocycles. The molecule has 0 aromatic heterocycles. The van der Waals surface area contributed by atoms with E-state index in [1.54, 1.807) is 12.4 Å². The van der Waals surface area contributed by atoms with Gasteiger partial charge in [0.25, 0.3) is 0 Å². The molecule has 1 atom stereocenters. The molecule has 0 fully saturated rings. The molecule has 0 radical (unpaired) electrons. The van der Waals surface area contributed by atoms with Gasteiger partial charge in [0.15, 0.2) is 0 Å². The van der Waals surface area contributed by atoms with Gasteiger partial charge in [-0.05, 0) is 12.2 Å². The summed E-state index contributed by atoms with van der Waals surface area (Å²) in [6.07, 6.45) is 7.18. The Hall–Kier alpha value is -0.890. The molecule has 2 aliphatic rings. The molecule has 50 valence electrons. The van der Waals surface area contributed by atoms with Gasteiger partial charge in [-0.2, -0.15) is 0 Å². The number of fused-ring (bicyclic) bond motifs is 1. The van der Waals surface area contributed by atoms with E-state index in [1.165, 1.54) is 0 Å². The zero-order chi connectivity index (χ0) is 6.97. The third kappa shape index (κ3) is 0.809. The maximum absolute atomic E-state index is 5.69. The van der Waals surface area contributed by atoms with Crippen molar-refractivity contribution in [2.75, 3.05) is 0 Å². The number of hydrogen-bond donors (Lipinski definition) is 0. The van der Waals surface area contributed by atoms with Crippen LogP contribution in [0.3, 0.4) is 0 Å². The van der Waals surface area contributed by atoms with Crippen LogP contribution in [0.5, 0.6) is 0 Å². The first kappa shape index (κ1) is 5.86. The summed E-state index contributed by atoms with van der Waals surface area (Å²) in [6, 6.07) is 0.127. The number of nitrogens with zero attached hydrogens (tertiary/aromatic N) is 2. The lowest BCUT2D eigenvalue weighted by atomic mass is 10.1. The van der Waals surface area contributed by atoms with Crippen molar-refractivity contribution >= 4 is 23.5 Å². The number of hydrogen-bond acceptors (Lipinski definition) is 2. The second-order valence-corrected chi connectivity index (χ2v) is 2.58. The number of allylic oxidation sites excluding steroid dienone is 1. The van der Waals surface area contributed by atoms with Gasteiger partial charge in [0.1, 0.15) is 6.04 Å². The third-order valence-electron chi connectivity index (χ3n) is 1.44. The number of rotatable bonds is 0. The third-order valence-corrected chi connectivity index (χ3v) is 1.65. The monoisotopic (exact) mass is 152 g/mol. The first-order valence-corrected chi connectivity index (χ1v) is 3.39. The first-order valence-electron chi connectivity index (χ1n) is 3.01. The molecule has 0 saturated heterocycles. The highest BCUT2D eigenvalue weighted by Crippen LogP contribution is 2.14. The van der Waals surface area contributed by atoms with Crippen LogP contribution >= 0.6 is 11.6 Å². The quantitative estimate of drug-likeness (QED) is 0.503. The van der Waals surface area contributed by atoms with Crippen LogP contribution in [0.25, 0.3) is 0 Å². The topological polar surface area (TPSA) is 24.7 Å². The van der Waals surface area contributed by atoms with Crippen molar-refractivity contribution in [1.82, 2.24) is 0 Å². The van der Waals surface area contributed by atoms with Crippen molar-refractivity contribution in [1.29, 1.82) is 0 Å². The largest absolute Gasteiger partial charge is 0.278 e. The molecule has 0 aliphatic carbocycles. The Morgan fingerprint density at radius 1 is 1.50 bits per heavy atom. The fourth-order valence-corrected chi connectivity index (χ4v) is 1.13. The molecule has 0 amide bonds. The van der Waals surface area contributed by atoms with Crippen LogP contribution in [0.1, 0.15) is 0 Å². The van der Waals surface area contributed by atoms with Crippen molar-refractivity contribution in [2.24, 2.45) is 9.98 Å². The van der Waals surface area contributed by atoms with Crippen LogP contribution in [0.2, 0.25) is 0 Å². The van der Waals surface area contributed by atoms with E-state index in [-0.39, 0.29) is 6.04 Å². The van der Waals surface area contributed by atoms with E-state index in [0.29, 0.717) is 5.03 Å². The van der Waals surface area contributed by atoms with Crippen LogP contribution < -0.4 is 0 Å². The normalized spacial score (nSPS) is 27.9. The van der Waals surface area contributed by atoms with Gasteiger partial charge in [0.05, 0.1) is 10.7 Å². The Morgan fingerprint density at radius 2 is 2.40 bits per heavy atom. The molecule has 0 bridgehead atoms. The molecule has 10 heavy (non-hydrogen) atoms. The Kier molecular flexibility index (Phi) is 1.21. The minimum Gasteiger partial charge on any atom is -0.278 e. The molecule has 0 unspecified atom stereocenters. The van der Waals surface area contributed by atoms with E-state index < -0.39 is 0 Å². The summed E-state index contributed by atoms with van der Waals surface area (Å²) in [5.41, 5.74) is 0.938. The van der Waals surface area contributed by atoms with Crippen molar-refractivity contribution in [3.8, 4) is 0 Å². The van der Waals surface area contributed by atoms with E-state index in [2.05, 4.69) is 9.98 Å². The molecule has 2 nitrogen and oxygen atoms in total. The fraction of sp³-hybridized carbons (Fsp3) is 0.143. The maximum atomic E-state index is 5.69. The molecular weight excluding hydrogens is 148 g/mol. The Morgan fingerprint density at radius 3 is 3.30 bits per heavy atom. The van der Waals surface area contributed by atoms with Crippen LogP contribution in [0.15, 0.2) is 33.4 Å². The number of halogens is 1. The van der Waals surface area contributed by atoms with Crippen LogP contribution in [0.4, 0.5) is 0 Å². The Balaban J connectivity index is 2.39. The highest BCUT2D eigenvalue weighted by Gasteiger charge is 2.15. The van der Waals surface area contributed by atoms with E-state index in [0.717, 1.165) is 5.71 Å². The predicted molar refractivity (Wildman–Crippen MR) is 42.8 cm³/mol. The predicted octanol–water partition coefficient (Wildman–Crippen LogP) is 1.53. The van der Waals surface area contributed by atoms with E-state index in [9.17, 15) is 0 Å². The van der Waals surface area contributed by atoms with Crippen LogP contribution in [-0.2, 0) is 0 Å². The van der Waals surface area contributed by atoms with Gasteiger partial charge in [0.2, 0.25) is 0 Å². The maximum Gasteiger partial charge on any atom is 0.112 e. The van der Waals surface area contributed by atoms with Crippen LogP contribution in [0, 0.1) is 0 Å². The molecule has 0 aromatic rings. The molecule has 0 spiro atoms.